The molecule has 1 atom stereocenters. The molecule has 0 aliphatic carbocycles. The summed E-state index contributed by atoms with van der Waals surface area (Å²) in [7, 11) is -0.140. The first-order valence-corrected chi connectivity index (χ1v) is 11.0. The Labute approximate surface area is 161 Å². The molecule has 0 aromatic carbocycles. The standard InChI is InChI=1S/C20H29N4O2P/c1-5-19(25)20(2,3)13-15-12-16(23(4)22-15)14-24-11-7-8-17-18(27(24)26)9-6-10-21-17/h6,9-10,12,27H,5,7-8,11,13-14H2,1-4H3. The summed E-state index contributed by atoms with van der Waals surface area (Å²) in [5, 5.41) is 5.49. The largest absolute Gasteiger partial charge is 0.305 e. The van der Waals surface area contributed by atoms with Crippen LogP contribution in [-0.2, 0) is 35.8 Å². The molecule has 0 N–H and O–H groups in total. The highest BCUT2D eigenvalue weighted by molar-refractivity contribution is 7.51. The van der Waals surface area contributed by atoms with E-state index in [-0.39, 0.29) is 5.78 Å². The molecule has 27 heavy (non-hydrogen) atoms. The van der Waals surface area contributed by atoms with Crippen molar-refractivity contribution in [2.75, 3.05) is 6.54 Å². The molecule has 0 saturated heterocycles. The molecule has 7 heteroatoms. The lowest BCUT2D eigenvalue weighted by molar-refractivity contribution is -0.126. The number of carbonyl (C=O) groups is 1. The maximum Gasteiger partial charge on any atom is 0.169 e. The lowest BCUT2D eigenvalue weighted by Crippen LogP contribution is -2.26. The quantitative estimate of drug-likeness (QED) is 0.712. The van der Waals surface area contributed by atoms with Crippen LogP contribution in [-0.4, -0.2) is 31.8 Å². The number of fused-ring (bicyclic) bond motifs is 1. The van der Waals surface area contributed by atoms with Crippen LogP contribution in [0.4, 0.5) is 0 Å². The van der Waals surface area contributed by atoms with E-state index in [2.05, 4.69) is 20.8 Å². The Morgan fingerprint density at radius 3 is 2.89 bits per heavy atom. The molecule has 0 radical (unpaired) electrons. The molecule has 146 valence electrons. The number of carbonyl (C=O) groups excluding carboxylic acids is 1. The van der Waals surface area contributed by atoms with E-state index in [1.54, 1.807) is 6.20 Å². The van der Waals surface area contributed by atoms with Gasteiger partial charge in [-0.3, -0.25) is 14.5 Å². The molecule has 1 aliphatic rings. The van der Waals surface area contributed by atoms with Gasteiger partial charge in [0.1, 0.15) is 5.78 Å². The van der Waals surface area contributed by atoms with Crippen LogP contribution in [0, 0.1) is 5.41 Å². The predicted octanol–water partition coefficient (Wildman–Crippen LogP) is 2.91. The molecule has 3 heterocycles. The van der Waals surface area contributed by atoms with Gasteiger partial charge < -0.3 is 4.57 Å². The van der Waals surface area contributed by atoms with Gasteiger partial charge in [0.2, 0.25) is 0 Å². The molecule has 0 spiro atoms. The minimum Gasteiger partial charge on any atom is -0.305 e. The summed E-state index contributed by atoms with van der Waals surface area (Å²) in [4.78, 5) is 16.6. The Hall–Kier alpha value is -1.78. The summed E-state index contributed by atoms with van der Waals surface area (Å²) in [6.45, 7) is 7.24. The van der Waals surface area contributed by atoms with Gasteiger partial charge in [0, 0.05) is 49.9 Å². The Bertz CT molecular complexity index is 859. The SMILES string of the molecule is CCC(=O)C(C)(C)Cc1cc(CN2CCCc3ncccc3[PH]2=O)n(C)n1. The number of pyridine rings is 1. The van der Waals surface area contributed by atoms with Crippen LogP contribution >= 0.6 is 7.95 Å². The average Bonchev–Trinajstić information content (AvgIpc) is 2.89. The topological polar surface area (TPSA) is 68.1 Å². The van der Waals surface area contributed by atoms with Gasteiger partial charge >= 0.3 is 0 Å². The summed E-state index contributed by atoms with van der Waals surface area (Å²) in [6.07, 6.45) is 4.75. The second kappa shape index (κ2) is 8.07. The molecule has 1 unspecified atom stereocenters. The first kappa shape index (κ1) is 20.0. The Morgan fingerprint density at radius 2 is 2.15 bits per heavy atom. The maximum absolute atomic E-state index is 13.1. The summed E-state index contributed by atoms with van der Waals surface area (Å²) < 4.78 is 17.0. The van der Waals surface area contributed by atoms with Crippen molar-refractivity contribution >= 4 is 19.0 Å². The van der Waals surface area contributed by atoms with E-state index < -0.39 is 13.4 Å². The maximum atomic E-state index is 13.1. The van der Waals surface area contributed by atoms with Crippen molar-refractivity contribution in [3.63, 3.8) is 0 Å². The van der Waals surface area contributed by atoms with E-state index >= 15 is 0 Å². The van der Waals surface area contributed by atoms with Crippen LogP contribution in [0.3, 0.4) is 0 Å². The molecular weight excluding hydrogens is 359 g/mol. The summed E-state index contributed by atoms with van der Waals surface area (Å²) in [6, 6.07) is 5.85. The van der Waals surface area contributed by atoms with E-state index in [1.807, 2.05) is 44.6 Å². The van der Waals surface area contributed by atoms with Crippen molar-refractivity contribution < 1.29 is 9.36 Å². The molecule has 3 rings (SSSR count). The van der Waals surface area contributed by atoms with Gasteiger partial charge in [-0.05, 0) is 31.0 Å². The van der Waals surface area contributed by atoms with Crippen molar-refractivity contribution in [1.29, 1.82) is 0 Å². The van der Waals surface area contributed by atoms with Crippen molar-refractivity contribution in [3.8, 4) is 0 Å². The Kier molecular flexibility index (Phi) is 5.97. The highest BCUT2D eigenvalue weighted by atomic mass is 31.1. The molecule has 2 aromatic heterocycles. The minimum absolute atomic E-state index is 0.247. The van der Waals surface area contributed by atoms with Gasteiger partial charge in [0.25, 0.3) is 0 Å². The van der Waals surface area contributed by atoms with Crippen molar-refractivity contribution in [2.24, 2.45) is 12.5 Å². The highest BCUT2D eigenvalue weighted by Crippen LogP contribution is 2.33. The van der Waals surface area contributed by atoms with Crippen molar-refractivity contribution in [1.82, 2.24) is 19.4 Å². The van der Waals surface area contributed by atoms with Gasteiger partial charge in [0.05, 0.1) is 17.1 Å². The number of aromatic nitrogens is 3. The van der Waals surface area contributed by atoms with Crippen LogP contribution in [0.2, 0.25) is 0 Å². The second-order valence-corrected chi connectivity index (χ2v) is 9.70. The zero-order chi connectivity index (χ0) is 19.6. The smallest absolute Gasteiger partial charge is 0.169 e. The van der Waals surface area contributed by atoms with Crippen molar-refractivity contribution in [3.05, 3.63) is 41.5 Å². The number of rotatable bonds is 6. The fourth-order valence-electron chi connectivity index (χ4n) is 3.72. The van der Waals surface area contributed by atoms with E-state index in [1.165, 1.54) is 0 Å². The monoisotopic (exact) mass is 388 g/mol. The summed E-state index contributed by atoms with van der Waals surface area (Å²) in [5.74, 6) is 0.247. The molecule has 0 fully saturated rings. The number of hydrogen-bond acceptors (Lipinski definition) is 4. The Balaban J connectivity index is 1.77. The van der Waals surface area contributed by atoms with E-state index in [0.29, 0.717) is 19.4 Å². The van der Waals surface area contributed by atoms with E-state index in [9.17, 15) is 9.36 Å². The molecule has 0 amide bonds. The number of Topliss-reactive ketones (excluding diaryl/α,β-unsaturated/α-hetero) is 1. The van der Waals surface area contributed by atoms with Crippen LogP contribution in [0.5, 0.6) is 0 Å². The average molecular weight is 388 g/mol. The Morgan fingerprint density at radius 1 is 1.37 bits per heavy atom. The first-order valence-electron chi connectivity index (χ1n) is 9.60. The summed E-state index contributed by atoms with van der Waals surface area (Å²) in [5.41, 5.74) is 2.49. The third-order valence-corrected chi connectivity index (χ3v) is 7.20. The highest BCUT2D eigenvalue weighted by Gasteiger charge is 2.28. The van der Waals surface area contributed by atoms with Crippen LogP contribution in [0.15, 0.2) is 24.4 Å². The lowest BCUT2D eigenvalue weighted by Gasteiger charge is -2.21. The van der Waals surface area contributed by atoms with Gasteiger partial charge in [0.15, 0.2) is 7.95 Å². The number of ketones is 1. The number of aryl methyl sites for hydroxylation is 2. The van der Waals surface area contributed by atoms with E-state index in [4.69, 9.17) is 0 Å². The third kappa shape index (κ3) is 4.39. The molecule has 1 aliphatic heterocycles. The number of nitrogens with zero attached hydrogens (tertiary/aromatic N) is 4. The third-order valence-electron chi connectivity index (χ3n) is 5.33. The van der Waals surface area contributed by atoms with Crippen LogP contribution in [0.1, 0.15) is 50.7 Å². The molecule has 0 saturated carbocycles. The van der Waals surface area contributed by atoms with Crippen LogP contribution in [0.25, 0.3) is 0 Å². The minimum atomic E-state index is -2.06. The van der Waals surface area contributed by atoms with Gasteiger partial charge in [-0.2, -0.15) is 5.10 Å². The van der Waals surface area contributed by atoms with Gasteiger partial charge in [-0.1, -0.05) is 20.8 Å². The van der Waals surface area contributed by atoms with Crippen LogP contribution < -0.4 is 5.30 Å². The molecule has 0 bridgehead atoms. The summed E-state index contributed by atoms with van der Waals surface area (Å²) >= 11 is 0. The zero-order valence-corrected chi connectivity index (χ0v) is 17.7. The van der Waals surface area contributed by atoms with Gasteiger partial charge in [-0.15, -0.1) is 0 Å². The number of hydrogen-bond donors (Lipinski definition) is 0. The molecule has 2 aromatic rings. The predicted molar refractivity (Wildman–Crippen MR) is 108 cm³/mol. The molecular formula is C20H29N4O2P. The first-order chi connectivity index (χ1) is 12.8. The van der Waals surface area contributed by atoms with Crippen molar-refractivity contribution in [2.45, 2.75) is 53.0 Å². The normalized spacial score (nSPS) is 18.1. The van der Waals surface area contributed by atoms with E-state index in [0.717, 1.165) is 41.8 Å². The zero-order valence-electron chi connectivity index (χ0n) is 16.7. The second-order valence-electron chi connectivity index (χ2n) is 7.92. The van der Waals surface area contributed by atoms with Gasteiger partial charge in [-0.25, -0.2) is 4.67 Å². The lowest BCUT2D eigenvalue weighted by atomic mass is 9.82. The molecule has 6 nitrogen and oxygen atoms in total. The fourth-order valence-corrected chi connectivity index (χ4v) is 5.41. The fraction of sp³-hybridized carbons (Fsp3) is 0.550.